The van der Waals surface area contributed by atoms with Crippen molar-refractivity contribution in [3.8, 4) is 17.0 Å². The molecule has 24 heavy (non-hydrogen) atoms. The number of nitrogens with zero attached hydrogens (tertiary/aromatic N) is 1. The van der Waals surface area contributed by atoms with Gasteiger partial charge < -0.3 is 15.0 Å². The number of pyridine rings is 1. The highest BCUT2D eigenvalue weighted by Crippen LogP contribution is 2.31. The van der Waals surface area contributed by atoms with Crippen molar-refractivity contribution in [3.63, 3.8) is 0 Å². The molecule has 0 spiro atoms. The van der Waals surface area contributed by atoms with E-state index in [4.69, 9.17) is 4.74 Å². The second-order valence-corrected chi connectivity index (χ2v) is 6.97. The number of ether oxygens (including phenoxy) is 1. The normalized spacial score (nSPS) is 25.9. The summed E-state index contributed by atoms with van der Waals surface area (Å²) in [5.41, 5.74) is 3.28. The summed E-state index contributed by atoms with van der Waals surface area (Å²) in [6.07, 6.45) is 8.97. The number of rotatable bonds is 3. The second-order valence-electron chi connectivity index (χ2n) is 6.97. The molecule has 0 saturated carbocycles. The molecule has 2 aliphatic rings. The van der Waals surface area contributed by atoms with E-state index in [1.807, 2.05) is 12.4 Å². The fourth-order valence-corrected chi connectivity index (χ4v) is 4.21. The molecular weight excluding hydrogens is 298 g/mol. The summed E-state index contributed by atoms with van der Waals surface area (Å²) in [5.74, 6) is 0.881. The first-order chi connectivity index (χ1) is 11.8. The predicted molar refractivity (Wildman–Crippen MR) is 95.1 cm³/mol. The Kier molecular flexibility index (Phi) is 3.30. The molecule has 0 amide bonds. The van der Waals surface area contributed by atoms with Crippen molar-refractivity contribution in [2.24, 2.45) is 0 Å². The first-order valence-corrected chi connectivity index (χ1v) is 8.80. The van der Waals surface area contributed by atoms with Crippen LogP contribution in [-0.4, -0.2) is 28.2 Å². The Morgan fingerprint density at radius 1 is 1.00 bits per heavy atom. The predicted octanol–water partition coefficient (Wildman–Crippen LogP) is 3.89. The number of piperidine rings is 1. The Labute approximate surface area is 141 Å². The zero-order valence-corrected chi connectivity index (χ0v) is 13.5. The molecule has 3 aromatic rings. The van der Waals surface area contributed by atoms with Crippen LogP contribution in [0.2, 0.25) is 0 Å². The summed E-state index contributed by atoms with van der Waals surface area (Å²) in [6.45, 7) is 0. The van der Waals surface area contributed by atoms with E-state index in [2.05, 4.69) is 51.7 Å². The fraction of sp³-hybridized carbons (Fsp3) is 0.350. The molecule has 2 saturated heterocycles. The lowest BCUT2D eigenvalue weighted by Gasteiger charge is -2.29. The molecule has 2 aliphatic heterocycles. The summed E-state index contributed by atoms with van der Waals surface area (Å²) in [5, 5.41) is 4.85. The lowest BCUT2D eigenvalue weighted by atomic mass is 10.0. The number of nitrogens with one attached hydrogen (secondary N) is 2. The van der Waals surface area contributed by atoms with E-state index in [9.17, 15) is 0 Å². The van der Waals surface area contributed by atoms with Crippen LogP contribution in [-0.2, 0) is 0 Å². The molecule has 2 bridgehead atoms. The Balaban J connectivity index is 1.36. The summed E-state index contributed by atoms with van der Waals surface area (Å²) < 4.78 is 6.19. The van der Waals surface area contributed by atoms with Crippen LogP contribution in [0.4, 0.5) is 0 Å². The monoisotopic (exact) mass is 319 g/mol. The third kappa shape index (κ3) is 2.47. The quantitative estimate of drug-likeness (QED) is 0.770. The number of aromatic nitrogens is 2. The third-order valence-electron chi connectivity index (χ3n) is 5.34. The van der Waals surface area contributed by atoms with Crippen LogP contribution in [0, 0.1) is 0 Å². The van der Waals surface area contributed by atoms with E-state index in [0.29, 0.717) is 18.2 Å². The van der Waals surface area contributed by atoms with E-state index in [0.717, 1.165) is 35.4 Å². The van der Waals surface area contributed by atoms with Gasteiger partial charge in [-0.1, -0.05) is 12.1 Å². The van der Waals surface area contributed by atoms with Crippen LogP contribution >= 0.6 is 0 Å². The van der Waals surface area contributed by atoms with Gasteiger partial charge in [0.25, 0.3) is 0 Å². The third-order valence-corrected chi connectivity index (χ3v) is 5.34. The van der Waals surface area contributed by atoms with Gasteiger partial charge in [0.2, 0.25) is 0 Å². The maximum atomic E-state index is 6.19. The Morgan fingerprint density at radius 3 is 2.67 bits per heavy atom. The van der Waals surface area contributed by atoms with Gasteiger partial charge in [0.05, 0.1) is 11.9 Å². The first-order valence-electron chi connectivity index (χ1n) is 8.80. The molecule has 4 heterocycles. The average Bonchev–Trinajstić information content (AvgIpc) is 3.21. The first kappa shape index (κ1) is 14.1. The number of hydrogen-bond acceptors (Lipinski definition) is 3. The Hall–Kier alpha value is -2.33. The van der Waals surface area contributed by atoms with E-state index in [-0.39, 0.29) is 0 Å². The van der Waals surface area contributed by atoms with Gasteiger partial charge in [-0.05, 0) is 49.9 Å². The van der Waals surface area contributed by atoms with Crippen molar-refractivity contribution in [1.82, 2.24) is 15.3 Å². The highest BCUT2D eigenvalue weighted by atomic mass is 16.5. The van der Waals surface area contributed by atoms with Crippen molar-refractivity contribution in [2.75, 3.05) is 0 Å². The molecule has 0 radical (unpaired) electrons. The van der Waals surface area contributed by atoms with Gasteiger partial charge in [-0.25, -0.2) is 0 Å². The minimum absolute atomic E-state index is 0.324. The number of hydrogen-bond donors (Lipinski definition) is 2. The molecule has 2 aromatic heterocycles. The van der Waals surface area contributed by atoms with Gasteiger partial charge in [0, 0.05) is 34.7 Å². The number of fused-ring (bicyclic) bond motifs is 3. The van der Waals surface area contributed by atoms with Gasteiger partial charge in [0.15, 0.2) is 0 Å². The van der Waals surface area contributed by atoms with Gasteiger partial charge in [-0.15, -0.1) is 0 Å². The van der Waals surface area contributed by atoms with Crippen LogP contribution in [0.3, 0.4) is 0 Å². The van der Waals surface area contributed by atoms with E-state index < -0.39 is 0 Å². The fourth-order valence-electron chi connectivity index (χ4n) is 4.21. The van der Waals surface area contributed by atoms with Crippen LogP contribution in [0.1, 0.15) is 25.7 Å². The molecular formula is C20H21N3O. The maximum Gasteiger partial charge on any atom is 0.138 e. The lowest BCUT2D eigenvalue weighted by molar-refractivity contribution is 0.137. The topological polar surface area (TPSA) is 49.9 Å². The van der Waals surface area contributed by atoms with Crippen molar-refractivity contribution >= 4 is 10.9 Å². The summed E-state index contributed by atoms with van der Waals surface area (Å²) in [6, 6.07) is 13.8. The SMILES string of the molecule is c1cc(-c2ccc(OC3CC4CCC(C3)N4)cn2)c2cc[nH]c2c1. The molecule has 2 atom stereocenters. The van der Waals surface area contributed by atoms with Crippen molar-refractivity contribution in [2.45, 2.75) is 43.9 Å². The minimum Gasteiger partial charge on any atom is -0.489 e. The minimum atomic E-state index is 0.324. The maximum absolute atomic E-state index is 6.19. The average molecular weight is 319 g/mol. The van der Waals surface area contributed by atoms with Crippen LogP contribution in [0.25, 0.3) is 22.2 Å². The molecule has 1 aromatic carbocycles. The summed E-state index contributed by atoms with van der Waals surface area (Å²) >= 11 is 0. The molecule has 4 heteroatoms. The smallest absolute Gasteiger partial charge is 0.138 e. The lowest BCUT2D eigenvalue weighted by Crippen LogP contribution is -2.42. The van der Waals surface area contributed by atoms with Crippen LogP contribution in [0.5, 0.6) is 5.75 Å². The summed E-state index contributed by atoms with van der Waals surface area (Å²) in [4.78, 5) is 7.89. The number of benzene rings is 1. The zero-order chi connectivity index (χ0) is 15.9. The van der Waals surface area contributed by atoms with E-state index >= 15 is 0 Å². The summed E-state index contributed by atoms with van der Waals surface area (Å²) in [7, 11) is 0. The second kappa shape index (κ2) is 5.64. The standard InChI is InChI=1S/C20H21N3O/c1-2-17(18-8-9-21-19(18)3-1)20-7-6-15(12-22-20)24-16-10-13-4-5-14(11-16)23-13/h1-3,6-9,12-14,16,21,23H,4-5,10-11H2. The zero-order valence-electron chi connectivity index (χ0n) is 13.5. The van der Waals surface area contributed by atoms with Crippen molar-refractivity contribution in [1.29, 1.82) is 0 Å². The van der Waals surface area contributed by atoms with Crippen LogP contribution < -0.4 is 10.1 Å². The van der Waals surface area contributed by atoms with Crippen molar-refractivity contribution < 1.29 is 4.74 Å². The molecule has 2 unspecified atom stereocenters. The van der Waals surface area contributed by atoms with Gasteiger partial charge in [-0.3, -0.25) is 4.98 Å². The highest BCUT2D eigenvalue weighted by molar-refractivity contribution is 5.94. The van der Waals surface area contributed by atoms with Gasteiger partial charge >= 0.3 is 0 Å². The molecule has 5 rings (SSSR count). The van der Waals surface area contributed by atoms with Gasteiger partial charge in [0.1, 0.15) is 11.9 Å². The molecule has 122 valence electrons. The Morgan fingerprint density at radius 2 is 1.88 bits per heavy atom. The largest absolute Gasteiger partial charge is 0.489 e. The molecule has 2 fully saturated rings. The highest BCUT2D eigenvalue weighted by Gasteiger charge is 2.34. The molecule has 0 aliphatic carbocycles. The van der Waals surface area contributed by atoms with Gasteiger partial charge in [-0.2, -0.15) is 0 Å². The van der Waals surface area contributed by atoms with E-state index in [1.54, 1.807) is 0 Å². The Bertz CT molecular complexity index is 843. The van der Waals surface area contributed by atoms with Crippen LogP contribution in [0.15, 0.2) is 48.8 Å². The number of H-pyrrole nitrogens is 1. The van der Waals surface area contributed by atoms with E-state index in [1.165, 1.54) is 18.2 Å². The number of aromatic amines is 1. The molecule has 2 N–H and O–H groups in total. The van der Waals surface area contributed by atoms with Crippen molar-refractivity contribution in [3.05, 3.63) is 48.8 Å². The molecule has 4 nitrogen and oxygen atoms in total.